The topological polar surface area (TPSA) is 33.7 Å². The van der Waals surface area contributed by atoms with Gasteiger partial charge in [-0.05, 0) is 30.6 Å². The number of nitrogens with zero attached hydrogens (tertiary/aromatic N) is 1. The average molecular weight is 292 g/mol. The Morgan fingerprint density at radius 3 is 2.29 bits per heavy atom. The average Bonchev–Trinajstić information content (AvgIpc) is 2.91. The number of ether oxygens (including phenoxy) is 2. The van der Waals surface area contributed by atoms with E-state index in [1.807, 2.05) is 0 Å². The van der Waals surface area contributed by atoms with E-state index in [9.17, 15) is 0 Å². The zero-order valence-electron chi connectivity index (χ0n) is 13.5. The van der Waals surface area contributed by atoms with Gasteiger partial charge in [-0.2, -0.15) is 0 Å². The van der Waals surface area contributed by atoms with E-state index in [2.05, 4.69) is 41.4 Å². The molecule has 1 N–H and O–H groups in total. The molecule has 1 aliphatic rings. The lowest BCUT2D eigenvalue weighted by atomic mass is 10.0. The zero-order chi connectivity index (χ0) is 15.1. The number of likely N-dealkylation sites (N-methyl/N-ethyl adjacent to an activating group) is 1. The van der Waals surface area contributed by atoms with Crippen molar-refractivity contribution in [2.75, 3.05) is 40.4 Å². The third kappa shape index (κ3) is 4.51. The van der Waals surface area contributed by atoms with Crippen molar-refractivity contribution in [3.8, 4) is 0 Å². The maximum absolute atomic E-state index is 5.52. The van der Waals surface area contributed by atoms with Crippen LogP contribution < -0.4 is 5.32 Å². The van der Waals surface area contributed by atoms with Gasteiger partial charge in [0.15, 0.2) is 0 Å². The van der Waals surface area contributed by atoms with Gasteiger partial charge < -0.3 is 14.8 Å². The Labute approximate surface area is 128 Å². The highest BCUT2D eigenvalue weighted by Gasteiger charge is 2.32. The van der Waals surface area contributed by atoms with Crippen LogP contribution in [0.2, 0.25) is 0 Å². The fourth-order valence-corrected chi connectivity index (χ4v) is 3.00. The van der Waals surface area contributed by atoms with Gasteiger partial charge in [-0.3, -0.25) is 4.90 Å². The summed E-state index contributed by atoms with van der Waals surface area (Å²) in [5.74, 6) is 0. The molecule has 1 heterocycles. The van der Waals surface area contributed by atoms with Crippen molar-refractivity contribution in [2.24, 2.45) is 0 Å². The SMILES string of the molecule is CCNCCc1ccccc1CN1CC(OC)C(OC)C1. The molecule has 0 radical (unpaired) electrons. The van der Waals surface area contributed by atoms with Crippen LogP contribution in [0, 0.1) is 0 Å². The number of nitrogens with one attached hydrogen (secondary N) is 1. The van der Waals surface area contributed by atoms with E-state index in [1.54, 1.807) is 14.2 Å². The maximum Gasteiger partial charge on any atom is 0.0971 e. The molecule has 0 saturated carbocycles. The first-order valence-corrected chi connectivity index (χ1v) is 7.84. The molecule has 0 amide bonds. The van der Waals surface area contributed by atoms with Gasteiger partial charge in [-0.25, -0.2) is 0 Å². The molecular formula is C17H28N2O2. The Hall–Kier alpha value is -0.940. The Morgan fingerprint density at radius 2 is 1.71 bits per heavy atom. The molecule has 2 unspecified atom stereocenters. The molecule has 4 nitrogen and oxygen atoms in total. The predicted molar refractivity (Wildman–Crippen MR) is 85.6 cm³/mol. The summed E-state index contributed by atoms with van der Waals surface area (Å²) in [5.41, 5.74) is 2.86. The van der Waals surface area contributed by atoms with Crippen molar-refractivity contribution < 1.29 is 9.47 Å². The monoisotopic (exact) mass is 292 g/mol. The summed E-state index contributed by atoms with van der Waals surface area (Å²) < 4.78 is 11.0. The first-order valence-electron chi connectivity index (χ1n) is 7.84. The first kappa shape index (κ1) is 16.4. The summed E-state index contributed by atoms with van der Waals surface area (Å²) in [5, 5.41) is 3.40. The van der Waals surface area contributed by atoms with Crippen LogP contribution in [-0.2, 0) is 22.4 Å². The van der Waals surface area contributed by atoms with Crippen molar-refractivity contribution in [1.29, 1.82) is 0 Å². The molecule has 1 aromatic rings. The first-order chi connectivity index (χ1) is 10.3. The summed E-state index contributed by atoms with van der Waals surface area (Å²) in [6, 6.07) is 8.74. The minimum atomic E-state index is 0.184. The minimum absolute atomic E-state index is 0.184. The second-order valence-electron chi connectivity index (χ2n) is 5.61. The second-order valence-corrected chi connectivity index (χ2v) is 5.61. The van der Waals surface area contributed by atoms with E-state index in [0.29, 0.717) is 0 Å². The molecule has 0 spiro atoms. The van der Waals surface area contributed by atoms with Crippen molar-refractivity contribution in [3.63, 3.8) is 0 Å². The molecular weight excluding hydrogens is 264 g/mol. The van der Waals surface area contributed by atoms with E-state index >= 15 is 0 Å². The number of hydrogen-bond acceptors (Lipinski definition) is 4. The summed E-state index contributed by atoms with van der Waals surface area (Å²) in [6.07, 6.45) is 1.45. The molecule has 1 aromatic carbocycles. The summed E-state index contributed by atoms with van der Waals surface area (Å²) in [6.45, 7) is 7.06. The molecule has 1 fully saturated rings. The van der Waals surface area contributed by atoms with Gasteiger partial charge in [0.25, 0.3) is 0 Å². The minimum Gasteiger partial charge on any atom is -0.377 e. The highest BCUT2D eigenvalue weighted by atomic mass is 16.5. The molecule has 2 rings (SSSR count). The molecule has 0 aromatic heterocycles. The smallest absolute Gasteiger partial charge is 0.0971 e. The Kier molecular flexibility index (Phi) is 6.64. The molecule has 1 saturated heterocycles. The van der Waals surface area contributed by atoms with Gasteiger partial charge in [0.1, 0.15) is 0 Å². The summed E-state index contributed by atoms with van der Waals surface area (Å²) in [4.78, 5) is 2.43. The number of methoxy groups -OCH3 is 2. The predicted octanol–water partition coefficient (Wildman–Crippen LogP) is 1.68. The van der Waals surface area contributed by atoms with Gasteiger partial charge >= 0.3 is 0 Å². The zero-order valence-corrected chi connectivity index (χ0v) is 13.5. The van der Waals surface area contributed by atoms with Crippen molar-refractivity contribution in [3.05, 3.63) is 35.4 Å². The van der Waals surface area contributed by atoms with Crippen LogP contribution in [0.25, 0.3) is 0 Å². The fraction of sp³-hybridized carbons (Fsp3) is 0.647. The van der Waals surface area contributed by atoms with Crippen LogP contribution >= 0.6 is 0 Å². The van der Waals surface area contributed by atoms with E-state index in [0.717, 1.165) is 39.1 Å². The summed E-state index contributed by atoms with van der Waals surface area (Å²) >= 11 is 0. The van der Waals surface area contributed by atoms with E-state index in [1.165, 1.54) is 11.1 Å². The van der Waals surface area contributed by atoms with Gasteiger partial charge in [-0.1, -0.05) is 31.2 Å². The third-order valence-electron chi connectivity index (χ3n) is 4.23. The van der Waals surface area contributed by atoms with Crippen LogP contribution in [0.1, 0.15) is 18.1 Å². The molecule has 0 bridgehead atoms. The van der Waals surface area contributed by atoms with Gasteiger partial charge in [0.2, 0.25) is 0 Å². The highest BCUT2D eigenvalue weighted by molar-refractivity contribution is 5.27. The molecule has 21 heavy (non-hydrogen) atoms. The number of hydrogen-bond donors (Lipinski definition) is 1. The second kappa shape index (κ2) is 8.49. The lowest BCUT2D eigenvalue weighted by molar-refractivity contribution is -0.00461. The maximum atomic E-state index is 5.52. The van der Waals surface area contributed by atoms with Crippen molar-refractivity contribution in [1.82, 2.24) is 10.2 Å². The Morgan fingerprint density at radius 1 is 1.10 bits per heavy atom. The largest absolute Gasteiger partial charge is 0.377 e. The molecule has 0 aliphatic carbocycles. The molecule has 4 heteroatoms. The standard InChI is InChI=1S/C17H28N2O2/c1-4-18-10-9-14-7-5-6-8-15(14)11-19-12-16(20-2)17(13-19)21-3/h5-8,16-18H,4,9-13H2,1-3H3. The molecule has 1 aliphatic heterocycles. The van der Waals surface area contributed by atoms with E-state index < -0.39 is 0 Å². The van der Waals surface area contributed by atoms with Crippen LogP contribution in [0.3, 0.4) is 0 Å². The van der Waals surface area contributed by atoms with Gasteiger partial charge in [0.05, 0.1) is 12.2 Å². The lowest BCUT2D eigenvalue weighted by Gasteiger charge is -2.18. The van der Waals surface area contributed by atoms with Crippen molar-refractivity contribution in [2.45, 2.75) is 32.1 Å². The van der Waals surface area contributed by atoms with E-state index in [-0.39, 0.29) is 12.2 Å². The highest BCUT2D eigenvalue weighted by Crippen LogP contribution is 2.20. The number of benzene rings is 1. The molecule has 2 atom stereocenters. The fourth-order valence-electron chi connectivity index (χ4n) is 3.00. The lowest BCUT2D eigenvalue weighted by Crippen LogP contribution is -2.27. The van der Waals surface area contributed by atoms with Gasteiger partial charge in [0, 0.05) is 33.9 Å². The number of rotatable bonds is 8. The van der Waals surface area contributed by atoms with Crippen molar-refractivity contribution >= 4 is 0 Å². The van der Waals surface area contributed by atoms with Crippen LogP contribution in [-0.4, -0.2) is 57.5 Å². The number of likely N-dealkylation sites (tertiary alicyclic amines) is 1. The Bertz CT molecular complexity index is 413. The van der Waals surface area contributed by atoms with Crippen LogP contribution in [0.15, 0.2) is 24.3 Å². The van der Waals surface area contributed by atoms with E-state index in [4.69, 9.17) is 9.47 Å². The van der Waals surface area contributed by atoms with Gasteiger partial charge in [-0.15, -0.1) is 0 Å². The normalized spacial score (nSPS) is 22.8. The van der Waals surface area contributed by atoms with Crippen LogP contribution in [0.5, 0.6) is 0 Å². The molecule has 118 valence electrons. The van der Waals surface area contributed by atoms with Crippen LogP contribution in [0.4, 0.5) is 0 Å². The Balaban J connectivity index is 1.96. The summed E-state index contributed by atoms with van der Waals surface area (Å²) in [7, 11) is 3.54. The third-order valence-corrected chi connectivity index (χ3v) is 4.23. The quantitative estimate of drug-likeness (QED) is 0.739.